The Morgan fingerprint density at radius 3 is 2.56 bits per heavy atom. The van der Waals surface area contributed by atoms with E-state index in [0.29, 0.717) is 6.54 Å². The Morgan fingerprint density at radius 2 is 2.06 bits per heavy atom. The van der Waals surface area contributed by atoms with Crippen LogP contribution in [0.15, 0.2) is 24.3 Å². The molecule has 0 saturated carbocycles. The summed E-state index contributed by atoms with van der Waals surface area (Å²) in [4.78, 5) is 11.2. The molecule has 0 saturated heterocycles. The van der Waals surface area contributed by atoms with E-state index in [2.05, 4.69) is 10.1 Å². The van der Waals surface area contributed by atoms with Gasteiger partial charge in [-0.25, -0.2) is 0 Å². The highest BCUT2D eigenvalue weighted by molar-refractivity contribution is 5.82. The first-order valence-electron chi connectivity index (χ1n) is 5.22. The van der Waals surface area contributed by atoms with Gasteiger partial charge in [-0.3, -0.25) is 4.79 Å². The molecule has 1 unspecified atom stereocenters. The maximum atomic E-state index is 12.2. The van der Waals surface area contributed by atoms with Gasteiger partial charge < -0.3 is 15.8 Å². The van der Waals surface area contributed by atoms with Gasteiger partial charge in [0, 0.05) is 5.56 Å². The number of nitrogens with one attached hydrogen (secondary N) is 1. The second kappa shape index (κ2) is 5.72. The van der Waals surface area contributed by atoms with E-state index in [4.69, 9.17) is 5.73 Å². The molecular weight excluding hydrogens is 249 g/mol. The average Bonchev–Trinajstić information content (AvgIpc) is 2.24. The molecule has 1 aromatic carbocycles. The van der Waals surface area contributed by atoms with Crippen molar-refractivity contribution in [3.63, 3.8) is 0 Å². The summed E-state index contributed by atoms with van der Waals surface area (Å²) in [6.07, 6.45) is -4.81. The van der Waals surface area contributed by atoms with Gasteiger partial charge in [-0.1, -0.05) is 25.1 Å². The Balaban J connectivity index is 3.10. The van der Waals surface area contributed by atoms with Crippen molar-refractivity contribution in [2.75, 3.05) is 6.54 Å². The smallest absolute Gasteiger partial charge is 0.405 e. The molecule has 0 aliphatic heterocycles. The van der Waals surface area contributed by atoms with Gasteiger partial charge in [0.05, 0.1) is 0 Å². The number of alkyl halides is 3. The predicted molar refractivity (Wildman–Crippen MR) is 58.7 cm³/mol. The van der Waals surface area contributed by atoms with Gasteiger partial charge in [-0.2, -0.15) is 0 Å². The molecule has 1 aromatic rings. The molecule has 0 aromatic heterocycles. The SMILES string of the molecule is CCNC(C(N)=O)c1ccccc1OC(F)(F)F. The van der Waals surface area contributed by atoms with E-state index in [1.807, 2.05) is 0 Å². The van der Waals surface area contributed by atoms with Crippen LogP contribution in [-0.2, 0) is 4.79 Å². The quantitative estimate of drug-likeness (QED) is 0.849. The van der Waals surface area contributed by atoms with Crippen LogP contribution in [0.5, 0.6) is 5.75 Å². The van der Waals surface area contributed by atoms with Crippen molar-refractivity contribution in [3.05, 3.63) is 29.8 Å². The summed E-state index contributed by atoms with van der Waals surface area (Å²) in [7, 11) is 0. The molecule has 1 rings (SSSR count). The highest BCUT2D eigenvalue weighted by Gasteiger charge is 2.33. The van der Waals surface area contributed by atoms with E-state index in [1.165, 1.54) is 18.2 Å². The van der Waals surface area contributed by atoms with Crippen LogP contribution < -0.4 is 15.8 Å². The lowest BCUT2D eigenvalue weighted by atomic mass is 10.1. The molecule has 0 heterocycles. The molecule has 0 aliphatic rings. The molecule has 4 nitrogen and oxygen atoms in total. The molecule has 0 radical (unpaired) electrons. The summed E-state index contributed by atoms with van der Waals surface area (Å²) in [6.45, 7) is 2.09. The van der Waals surface area contributed by atoms with Crippen LogP contribution in [0.3, 0.4) is 0 Å². The maximum absolute atomic E-state index is 12.2. The average molecular weight is 262 g/mol. The number of benzene rings is 1. The first-order chi connectivity index (χ1) is 8.35. The number of carbonyl (C=O) groups is 1. The second-order valence-corrected chi connectivity index (χ2v) is 3.48. The minimum Gasteiger partial charge on any atom is -0.405 e. The molecule has 1 atom stereocenters. The van der Waals surface area contributed by atoms with Crippen molar-refractivity contribution in [3.8, 4) is 5.75 Å². The van der Waals surface area contributed by atoms with E-state index in [0.717, 1.165) is 6.07 Å². The fourth-order valence-electron chi connectivity index (χ4n) is 1.50. The van der Waals surface area contributed by atoms with Gasteiger partial charge in [0.25, 0.3) is 0 Å². The van der Waals surface area contributed by atoms with Crippen molar-refractivity contribution < 1.29 is 22.7 Å². The van der Waals surface area contributed by atoms with Gasteiger partial charge in [-0.15, -0.1) is 13.2 Å². The lowest BCUT2D eigenvalue weighted by molar-refractivity contribution is -0.275. The number of halogens is 3. The van der Waals surface area contributed by atoms with Crippen molar-refractivity contribution in [2.45, 2.75) is 19.3 Å². The van der Waals surface area contributed by atoms with Crippen LogP contribution in [0, 0.1) is 0 Å². The highest BCUT2D eigenvalue weighted by atomic mass is 19.4. The lowest BCUT2D eigenvalue weighted by Crippen LogP contribution is -2.34. The van der Waals surface area contributed by atoms with Gasteiger partial charge in [0.2, 0.25) is 5.91 Å². The van der Waals surface area contributed by atoms with Crippen LogP contribution in [-0.4, -0.2) is 18.8 Å². The number of hydrogen-bond acceptors (Lipinski definition) is 3. The first kappa shape index (κ1) is 14.3. The number of para-hydroxylation sites is 1. The standard InChI is InChI=1S/C11H13F3N2O2/c1-2-16-9(10(15)17)7-5-3-4-6-8(7)18-11(12,13)14/h3-6,9,16H,2H2,1H3,(H2,15,17). The minimum atomic E-state index is -4.81. The number of amides is 1. The molecule has 0 fully saturated rings. The lowest BCUT2D eigenvalue weighted by Gasteiger charge is -2.19. The van der Waals surface area contributed by atoms with E-state index in [9.17, 15) is 18.0 Å². The zero-order valence-corrected chi connectivity index (χ0v) is 9.62. The zero-order valence-electron chi connectivity index (χ0n) is 9.62. The number of ether oxygens (including phenoxy) is 1. The summed E-state index contributed by atoms with van der Waals surface area (Å²) in [5.41, 5.74) is 5.21. The van der Waals surface area contributed by atoms with Gasteiger partial charge in [0.15, 0.2) is 0 Å². The number of hydrogen-bond donors (Lipinski definition) is 2. The summed E-state index contributed by atoms with van der Waals surface area (Å²) >= 11 is 0. The largest absolute Gasteiger partial charge is 0.573 e. The molecule has 0 aliphatic carbocycles. The Labute approximate surface area is 102 Å². The van der Waals surface area contributed by atoms with Crippen molar-refractivity contribution in [2.24, 2.45) is 5.73 Å². The topological polar surface area (TPSA) is 64.3 Å². The summed E-state index contributed by atoms with van der Waals surface area (Å²) < 4.78 is 40.5. The summed E-state index contributed by atoms with van der Waals surface area (Å²) in [6, 6.07) is 4.36. The zero-order chi connectivity index (χ0) is 13.8. The first-order valence-corrected chi connectivity index (χ1v) is 5.22. The monoisotopic (exact) mass is 262 g/mol. The van der Waals surface area contributed by atoms with Gasteiger partial charge in [0.1, 0.15) is 11.8 Å². The molecule has 100 valence electrons. The third-order valence-electron chi connectivity index (χ3n) is 2.15. The van der Waals surface area contributed by atoms with Crippen LogP contribution in [0.2, 0.25) is 0 Å². The molecular formula is C11H13F3N2O2. The number of carbonyl (C=O) groups excluding carboxylic acids is 1. The molecule has 0 bridgehead atoms. The minimum absolute atomic E-state index is 0.0594. The van der Waals surface area contributed by atoms with Crippen molar-refractivity contribution in [1.29, 1.82) is 0 Å². The summed E-state index contributed by atoms with van der Waals surface area (Å²) in [5, 5.41) is 2.70. The van der Waals surface area contributed by atoms with E-state index >= 15 is 0 Å². The molecule has 7 heteroatoms. The molecule has 1 amide bonds. The van der Waals surface area contributed by atoms with Crippen molar-refractivity contribution >= 4 is 5.91 Å². The maximum Gasteiger partial charge on any atom is 0.573 e. The number of primary amides is 1. The van der Waals surface area contributed by atoms with E-state index in [-0.39, 0.29) is 5.56 Å². The second-order valence-electron chi connectivity index (χ2n) is 3.48. The van der Waals surface area contributed by atoms with Crippen LogP contribution >= 0.6 is 0 Å². The van der Waals surface area contributed by atoms with Gasteiger partial charge >= 0.3 is 6.36 Å². The van der Waals surface area contributed by atoms with E-state index in [1.54, 1.807) is 6.92 Å². The Kier molecular flexibility index (Phi) is 4.55. The number of likely N-dealkylation sites (N-methyl/N-ethyl adjacent to an activating group) is 1. The van der Waals surface area contributed by atoms with Crippen LogP contribution in [0.1, 0.15) is 18.5 Å². The molecule has 0 spiro atoms. The van der Waals surface area contributed by atoms with Crippen LogP contribution in [0.4, 0.5) is 13.2 Å². The molecule has 3 N–H and O–H groups in total. The highest BCUT2D eigenvalue weighted by Crippen LogP contribution is 2.30. The Hall–Kier alpha value is -1.76. The van der Waals surface area contributed by atoms with E-state index < -0.39 is 24.1 Å². The third-order valence-corrected chi connectivity index (χ3v) is 2.15. The Bertz CT molecular complexity index is 421. The normalized spacial score (nSPS) is 13.1. The summed E-state index contributed by atoms with van der Waals surface area (Å²) in [5.74, 6) is -1.20. The fourth-order valence-corrected chi connectivity index (χ4v) is 1.50. The third kappa shape index (κ3) is 3.92. The Morgan fingerprint density at radius 1 is 1.44 bits per heavy atom. The number of rotatable bonds is 5. The van der Waals surface area contributed by atoms with Gasteiger partial charge in [-0.05, 0) is 12.6 Å². The van der Waals surface area contributed by atoms with Crippen molar-refractivity contribution in [1.82, 2.24) is 5.32 Å². The molecule has 18 heavy (non-hydrogen) atoms. The predicted octanol–water partition coefficient (Wildman–Crippen LogP) is 1.72. The fraction of sp³-hybridized carbons (Fsp3) is 0.364. The number of nitrogens with two attached hydrogens (primary N) is 1. The van der Waals surface area contributed by atoms with Crippen LogP contribution in [0.25, 0.3) is 0 Å².